The first kappa shape index (κ1) is 7.72. The molecule has 3 heteroatoms. The van der Waals surface area contributed by atoms with Crippen molar-refractivity contribution in [3.63, 3.8) is 0 Å². The molecule has 0 aliphatic carbocycles. The van der Waals surface area contributed by atoms with Gasteiger partial charge in [0.25, 0.3) is 0 Å². The van der Waals surface area contributed by atoms with E-state index in [-0.39, 0.29) is 5.78 Å². The average molecular weight is 151 g/mol. The number of nitrogens with zero attached hydrogens (tertiary/aromatic N) is 1. The highest BCUT2D eigenvalue weighted by molar-refractivity contribution is 5.89. The topological polar surface area (TPSA) is 43.1 Å². The zero-order chi connectivity index (χ0) is 8.10. The molecule has 0 saturated heterocycles. The van der Waals surface area contributed by atoms with E-state index in [0.29, 0.717) is 12.8 Å². The lowest BCUT2D eigenvalue weighted by Gasteiger charge is -1.90. The van der Waals surface area contributed by atoms with Crippen LogP contribution in [0.3, 0.4) is 0 Å². The smallest absolute Gasteiger partial charge is 0.180 e. The number of carbonyl (C=O) groups is 1. The standard InChI is InChI=1S/C8H9NO2/c1-2-7(10)3-4-8-5-9-6-11-8/h2,5-6H,1,3-4H2. The Bertz CT molecular complexity index is 239. The number of carbonyl (C=O) groups excluding carboxylic acids is 1. The normalized spacial score (nSPS) is 9.45. The minimum absolute atomic E-state index is 0.0291. The van der Waals surface area contributed by atoms with Crippen molar-refractivity contribution >= 4 is 5.78 Å². The van der Waals surface area contributed by atoms with E-state index in [0.717, 1.165) is 5.76 Å². The molecule has 0 unspecified atom stereocenters. The average Bonchev–Trinajstić information content (AvgIpc) is 2.52. The Morgan fingerprint density at radius 3 is 3.18 bits per heavy atom. The first-order valence-electron chi connectivity index (χ1n) is 3.35. The minimum Gasteiger partial charge on any atom is -0.449 e. The fourth-order valence-electron chi connectivity index (χ4n) is 0.714. The molecule has 1 aromatic rings. The third kappa shape index (κ3) is 2.37. The highest BCUT2D eigenvalue weighted by atomic mass is 16.3. The molecule has 0 aromatic carbocycles. The first-order valence-corrected chi connectivity index (χ1v) is 3.35. The number of aromatic nitrogens is 1. The second kappa shape index (κ2) is 3.71. The van der Waals surface area contributed by atoms with Gasteiger partial charge in [-0.3, -0.25) is 4.79 Å². The maximum atomic E-state index is 10.7. The van der Waals surface area contributed by atoms with Crippen LogP contribution in [0.25, 0.3) is 0 Å². The van der Waals surface area contributed by atoms with Crippen molar-refractivity contribution in [2.45, 2.75) is 12.8 Å². The molecule has 3 nitrogen and oxygen atoms in total. The molecule has 58 valence electrons. The predicted molar refractivity (Wildman–Crippen MR) is 40.0 cm³/mol. The Labute approximate surface area is 64.7 Å². The number of ketones is 1. The number of oxazole rings is 1. The Hall–Kier alpha value is -1.38. The fraction of sp³-hybridized carbons (Fsp3) is 0.250. The summed E-state index contributed by atoms with van der Waals surface area (Å²) >= 11 is 0. The molecular weight excluding hydrogens is 142 g/mol. The maximum Gasteiger partial charge on any atom is 0.180 e. The van der Waals surface area contributed by atoms with Crippen LogP contribution in [0.1, 0.15) is 12.2 Å². The lowest BCUT2D eigenvalue weighted by atomic mass is 10.2. The second-order valence-electron chi connectivity index (χ2n) is 2.14. The molecule has 0 bridgehead atoms. The van der Waals surface area contributed by atoms with Crippen LogP contribution in [-0.4, -0.2) is 10.8 Å². The van der Waals surface area contributed by atoms with Crippen LogP contribution in [0.15, 0.2) is 29.7 Å². The zero-order valence-electron chi connectivity index (χ0n) is 6.12. The molecule has 0 atom stereocenters. The number of hydrogen-bond donors (Lipinski definition) is 0. The van der Waals surface area contributed by atoms with E-state index in [1.807, 2.05) is 0 Å². The molecule has 1 rings (SSSR count). The van der Waals surface area contributed by atoms with Gasteiger partial charge in [0.15, 0.2) is 12.2 Å². The van der Waals surface area contributed by atoms with E-state index in [9.17, 15) is 4.79 Å². The molecule has 0 N–H and O–H groups in total. The minimum atomic E-state index is 0.0291. The zero-order valence-corrected chi connectivity index (χ0v) is 6.12. The van der Waals surface area contributed by atoms with E-state index in [1.54, 1.807) is 6.20 Å². The Morgan fingerprint density at radius 1 is 1.82 bits per heavy atom. The van der Waals surface area contributed by atoms with Crippen LogP contribution >= 0.6 is 0 Å². The molecule has 11 heavy (non-hydrogen) atoms. The van der Waals surface area contributed by atoms with Gasteiger partial charge >= 0.3 is 0 Å². The number of rotatable bonds is 4. The molecule has 0 spiro atoms. The summed E-state index contributed by atoms with van der Waals surface area (Å²) in [6, 6.07) is 0. The Kier molecular flexibility index (Phi) is 2.60. The highest BCUT2D eigenvalue weighted by Crippen LogP contribution is 2.01. The molecule has 1 aromatic heterocycles. The van der Waals surface area contributed by atoms with Crippen LogP contribution in [0.5, 0.6) is 0 Å². The summed E-state index contributed by atoms with van der Waals surface area (Å²) in [5.74, 6) is 0.765. The number of allylic oxidation sites excluding steroid dienone is 1. The van der Waals surface area contributed by atoms with Gasteiger partial charge < -0.3 is 4.42 Å². The summed E-state index contributed by atoms with van der Waals surface area (Å²) in [7, 11) is 0. The van der Waals surface area contributed by atoms with Crippen LogP contribution in [0.4, 0.5) is 0 Å². The Balaban J connectivity index is 2.34. The van der Waals surface area contributed by atoms with Gasteiger partial charge in [0.2, 0.25) is 0 Å². The largest absolute Gasteiger partial charge is 0.449 e. The lowest BCUT2D eigenvalue weighted by Crippen LogP contribution is -1.93. The highest BCUT2D eigenvalue weighted by Gasteiger charge is 1.99. The van der Waals surface area contributed by atoms with E-state index >= 15 is 0 Å². The van der Waals surface area contributed by atoms with Gasteiger partial charge in [-0.1, -0.05) is 6.58 Å². The van der Waals surface area contributed by atoms with Gasteiger partial charge in [-0.25, -0.2) is 4.98 Å². The molecule has 0 aliphatic rings. The van der Waals surface area contributed by atoms with Gasteiger partial charge in [0.1, 0.15) is 5.76 Å². The second-order valence-corrected chi connectivity index (χ2v) is 2.14. The maximum absolute atomic E-state index is 10.7. The summed E-state index contributed by atoms with van der Waals surface area (Å²) in [4.78, 5) is 14.4. The van der Waals surface area contributed by atoms with Gasteiger partial charge in [-0.05, 0) is 6.08 Å². The summed E-state index contributed by atoms with van der Waals surface area (Å²) in [6.45, 7) is 3.36. The first-order chi connectivity index (χ1) is 5.33. The van der Waals surface area contributed by atoms with Gasteiger partial charge in [-0.2, -0.15) is 0 Å². The SMILES string of the molecule is C=CC(=O)CCc1cnco1. The van der Waals surface area contributed by atoms with Crippen molar-refractivity contribution < 1.29 is 9.21 Å². The van der Waals surface area contributed by atoms with Crippen molar-refractivity contribution in [2.24, 2.45) is 0 Å². The van der Waals surface area contributed by atoms with Crippen LogP contribution < -0.4 is 0 Å². The molecule has 0 aliphatic heterocycles. The molecule has 0 fully saturated rings. The monoisotopic (exact) mass is 151 g/mol. The van der Waals surface area contributed by atoms with E-state index in [2.05, 4.69) is 11.6 Å². The van der Waals surface area contributed by atoms with Crippen LogP contribution in [-0.2, 0) is 11.2 Å². The summed E-state index contributed by atoms with van der Waals surface area (Å²) < 4.78 is 4.93. The van der Waals surface area contributed by atoms with E-state index < -0.39 is 0 Å². The molecule has 0 saturated carbocycles. The van der Waals surface area contributed by atoms with Crippen molar-refractivity contribution in [1.82, 2.24) is 4.98 Å². The molecule has 1 heterocycles. The van der Waals surface area contributed by atoms with Crippen molar-refractivity contribution in [3.8, 4) is 0 Å². The number of aryl methyl sites for hydroxylation is 1. The van der Waals surface area contributed by atoms with E-state index in [1.165, 1.54) is 12.5 Å². The van der Waals surface area contributed by atoms with Crippen LogP contribution in [0.2, 0.25) is 0 Å². The lowest BCUT2D eigenvalue weighted by molar-refractivity contribution is -0.114. The summed E-state index contributed by atoms with van der Waals surface area (Å²) in [5.41, 5.74) is 0. The summed E-state index contributed by atoms with van der Waals surface area (Å²) in [5, 5.41) is 0. The van der Waals surface area contributed by atoms with Crippen molar-refractivity contribution in [3.05, 3.63) is 31.0 Å². The van der Waals surface area contributed by atoms with Crippen molar-refractivity contribution in [2.75, 3.05) is 0 Å². The van der Waals surface area contributed by atoms with Crippen molar-refractivity contribution in [1.29, 1.82) is 0 Å². The third-order valence-electron chi connectivity index (χ3n) is 1.33. The van der Waals surface area contributed by atoms with E-state index in [4.69, 9.17) is 4.42 Å². The molecular formula is C8H9NO2. The summed E-state index contributed by atoms with van der Waals surface area (Å²) in [6.07, 6.45) is 5.32. The number of hydrogen-bond acceptors (Lipinski definition) is 3. The predicted octanol–water partition coefficient (Wildman–Crippen LogP) is 1.36. The molecule has 0 amide bonds. The Morgan fingerprint density at radius 2 is 2.64 bits per heavy atom. The van der Waals surface area contributed by atoms with Gasteiger partial charge in [-0.15, -0.1) is 0 Å². The molecule has 0 radical (unpaired) electrons. The van der Waals surface area contributed by atoms with Crippen LogP contribution in [0, 0.1) is 0 Å². The fourth-order valence-corrected chi connectivity index (χ4v) is 0.714. The van der Waals surface area contributed by atoms with Gasteiger partial charge in [0, 0.05) is 12.8 Å². The van der Waals surface area contributed by atoms with Gasteiger partial charge in [0.05, 0.1) is 6.20 Å². The third-order valence-corrected chi connectivity index (χ3v) is 1.33. The quantitative estimate of drug-likeness (QED) is 0.610.